The van der Waals surface area contributed by atoms with E-state index in [1.165, 1.54) is 16.2 Å². The Morgan fingerprint density at radius 1 is 0.444 bits per heavy atom. The predicted molar refractivity (Wildman–Crippen MR) is 149 cm³/mol. The third-order valence-corrected chi connectivity index (χ3v) is 6.75. The molecule has 7 aromatic rings. The van der Waals surface area contributed by atoms with Gasteiger partial charge in [0.05, 0.1) is 11.2 Å². The maximum atomic E-state index is 5.13. The second kappa shape index (κ2) is 8.40. The first kappa shape index (κ1) is 20.5. The Balaban J connectivity index is 1.46. The highest BCUT2D eigenvalue weighted by molar-refractivity contribution is 6.10. The van der Waals surface area contributed by atoms with Crippen molar-refractivity contribution in [1.29, 1.82) is 0 Å². The second-order valence-corrected chi connectivity index (χ2v) is 8.96. The number of hydrogen-bond donors (Lipinski definition) is 0. The molecule has 0 aliphatic heterocycles. The molecule has 0 N–H and O–H groups in total. The summed E-state index contributed by atoms with van der Waals surface area (Å²) in [4.78, 5) is 14.5. The Kier molecular flexibility index (Phi) is 4.78. The smallest absolute Gasteiger partial charge is 0.160 e. The van der Waals surface area contributed by atoms with Gasteiger partial charge in [0.25, 0.3) is 0 Å². The van der Waals surface area contributed by atoms with Crippen molar-refractivity contribution in [3.8, 4) is 33.8 Å². The summed E-state index contributed by atoms with van der Waals surface area (Å²) < 4.78 is 0. The molecular weight excluding hydrogens is 438 g/mol. The molecule has 0 aliphatic rings. The van der Waals surface area contributed by atoms with Crippen molar-refractivity contribution in [2.45, 2.75) is 0 Å². The summed E-state index contributed by atoms with van der Waals surface area (Å²) in [5.41, 5.74) is 6.20. The van der Waals surface area contributed by atoms with Gasteiger partial charge in [-0.2, -0.15) is 0 Å². The monoisotopic (exact) mass is 459 g/mol. The zero-order valence-electron chi connectivity index (χ0n) is 19.5. The molecule has 0 saturated heterocycles. The lowest BCUT2D eigenvalue weighted by atomic mass is 9.99. The second-order valence-electron chi connectivity index (χ2n) is 8.96. The van der Waals surface area contributed by atoms with Gasteiger partial charge in [0.1, 0.15) is 0 Å². The van der Waals surface area contributed by atoms with E-state index in [-0.39, 0.29) is 0 Å². The van der Waals surface area contributed by atoms with Crippen molar-refractivity contribution < 1.29 is 0 Å². The zero-order chi connectivity index (χ0) is 23.9. The number of nitrogens with zero attached hydrogens (tertiary/aromatic N) is 3. The minimum Gasteiger partial charge on any atom is -0.264 e. The topological polar surface area (TPSA) is 38.7 Å². The molecule has 0 spiro atoms. The van der Waals surface area contributed by atoms with Crippen LogP contribution in [0.3, 0.4) is 0 Å². The van der Waals surface area contributed by atoms with Gasteiger partial charge in [-0.15, -0.1) is 0 Å². The number of aromatic nitrogens is 3. The standard InChI is InChI=1S/C33H21N3/c1-2-8-26-20-27(16-13-22(26)6-1)31-30-18-17-24-7-3-4-10-29(24)32(30)36-33(35-31)25-14-11-23(12-15-25)28-9-5-19-34-21-28/h1-21H. The van der Waals surface area contributed by atoms with Crippen molar-refractivity contribution >= 4 is 32.4 Å². The van der Waals surface area contributed by atoms with Crippen LogP contribution in [-0.2, 0) is 0 Å². The van der Waals surface area contributed by atoms with Gasteiger partial charge in [0.2, 0.25) is 0 Å². The van der Waals surface area contributed by atoms with Crippen LogP contribution in [0.2, 0.25) is 0 Å². The van der Waals surface area contributed by atoms with Crippen LogP contribution in [0.4, 0.5) is 0 Å². The molecule has 0 unspecified atom stereocenters. The highest BCUT2D eigenvalue weighted by Gasteiger charge is 2.14. The molecule has 0 radical (unpaired) electrons. The van der Waals surface area contributed by atoms with E-state index in [2.05, 4.69) is 114 Å². The Labute approximate surface area is 208 Å². The largest absolute Gasteiger partial charge is 0.264 e. The Hall–Kier alpha value is -4.89. The average molecular weight is 460 g/mol. The van der Waals surface area contributed by atoms with E-state index in [1.54, 1.807) is 6.20 Å². The van der Waals surface area contributed by atoms with Crippen LogP contribution in [0.25, 0.3) is 66.2 Å². The molecule has 168 valence electrons. The molecule has 2 aromatic heterocycles. The number of benzene rings is 5. The lowest BCUT2D eigenvalue weighted by molar-refractivity contribution is 1.23. The first-order chi connectivity index (χ1) is 17.8. The number of hydrogen-bond acceptors (Lipinski definition) is 3. The van der Waals surface area contributed by atoms with Crippen LogP contribution >= 0.6 is 0 Å². The summed E-state index contributed by atoms with van der Waals surface area (Å²) in [7, 11) is 0. The zero-order valence-corrected chi connectivity index (χ0v) is 19.5. The first-order valence-electron chi connectivity index (χ1n) is 12.0. The molecule has 0 atom stereocenters. The van der Waals surface area contributed by atoms with Gasteiger partial charge >= 0.3 is 0 Å². The van der Waals surface area contributed by atoms with Gasteiger partial charge in [-0.25, -0.2) is 9.97 Å². The van der Waals surface area contributed by atoms with E-state index < -0.39 is 0 Å². The van der Waals surface area contributed by atoms with E-state index in [1.807, 2.05) is 12.3 Å². The quantitative estimate of drug-likeness (QED) is 0.249. The number of rotatable bonds is 3. The van der Waals surface area contributed by atoms with Gasteiger partial charge in [0.15, 0.2) is 5.82 Å². The fourth-order valence-electron chi connectivity index (χ4n) is 4.89. The molecule has 0 bridgehead atoms. The summed E-state index contributed by atoms with van der Waals surface area (Å²) in [5, 5.41) is 5.78. The van der Waals surface area contributed by atoms with Crippen LogP contribution in [0.1, 0.15) is 0 Å². The molecule has 0 fully saturated rings. The highest BCUT2D eigenvalue weighted by Crippen LogP contribution is 2.34. The van der Waals surface area contributed by atoms with Crippen LogP contribution in [0.5, 0.6) is 0 Å². The Morgan fingerprint density at radius 3 is 2.00 bits per heavy atom. The van der Waals surface area contributed by atoms with Gasteiger partial charge in [-0.3, -0.25) is 4.98 Å². The van der Waals surface area contributed by atoms with Crippen molar-refractivity contribution in [2.75, 3.05) is 0 Å². The van der Waals surface area contributed by atoms with Crippen molar-refractivity contribution in [1.82, 2.24) is 15.0 Å². The van der Waals surface area contributed by atoms with Crippen molar-refractivity contribution in [2.24, 2.45) is 0 Å². The SMILES string of the molecule is c1cncc(-c2ccc(-c3nc(-c4ccc5ccccc5c4)c4ccc5ccccc5c4n3)cc2)c1. The van der Waals surface area contributed by atoms with Gasteiger partial charge in [0, 0.05) is 34.3 Å². The molecule has 2 heterocycles. The highest BCUT2D eigenvalue weighted by atomic mass is 14.9. The number of pyridine rings is 1. The number of fused-ring (bicyclic) bond motifs is 4. The molecule has 3 nitrogen and oxygen atoms in total. The fourth-order valence-corrected chi connectivity index (χ4v) is 4.89. The maximum absolute atomic E-state index is 5.13. The molecule has 0 amide bonds. The Bertz CT molecular complexity index is 1870. The molecular formula is C33H21N3. The van der Waals surface area contributed by atoms with Crippen LogP contribution in [0, 0.1) is 0 Å². The first-order valence-corrected chi connectivity index (χ1v) is 12.0. The van der Waals surface area contributed by atoms with E-state index in [0.717, 1.165) is 50.1 Å². The maximum Gasteiger partial charge on any atom is 0.160 e. The average Bonchev–Trinajstić information content (AvgIpc) is 2.97. The van der Waals surface area contributed by atoms with E-state index in [4.69, 9.17) is 9.97 Å². The van der Waals surface area contributed by atoms with Crippen LogP contribution in [-0.4, -0.2) is 15.0 Å². The van der Waals surface area contributed by atoms with Crippen molar-refractivity contribution in [3.63, 3.8) is 0 Å². The summed E-state index contributed by atoms with van der Waals surface area (Å²) >= 11 is 0. The van der Waals surface area contributed by atoms with Crippen LogP contribution < -0.4 is 0 Å². The molecule has 5 aromatic carbocycles. The summed E-state index contributed by atoms with van der Waals surface area (Å²) in [5.74, 6) is 0.722. The fraction of sp³-hybridized carbons (Fsp3) is 0. The third kappa shape index (κ3) is 3.50. The summed E-state index contributed by atoms with van der Waals surface area (Å²) in [6, 6.07) is 40.1. The Morgan fingerprint density at radius 2 is 1.17 bits per heavy atom. The predicted octanol–water partition coefficient (Wildman–Crippen LogP) is 8.33. The van der Waals surface area contributed by atoms with Gasteiger partial charge < -0.3 is 0 Å². The molecule has 7 rings (SSSR count). The normalized spacial score (nSPS) is 11.3. The minimum absolute atomic E-state index is 0.722. The van der Waals surface area contributed by atoms with E-state index in [9.17, 15) is 0 Å². The summed E-state index contributed by atoms with van der Waals surface area (Å²) in [6.45, 7) is 0. The minimum atomic E-state index is 0.722. The molecule has 3 heteroatoms. The van der Waals surface area contributed by atoms with E-state index >= 15 is 0 Å². The van der Waals surface area contributed by atoms with Gasteiger partial charge in [-0.05, 0) is 45.5 Å². The molecule has 36 heavy (non-hydrogen) atoms. The molecule has 0 aliphatic carbocycles. The lowest BCUT2D eigenvalue weighted by Crippen LogP contribution is -1.96. The van der Waals surface area contributed by atoms with Gasteiger partial charge in [-0.1, -0.05) is 97.1 Å². The lowest BCUT2D eigenvalue weighted by Gasteiger charge is -2.12. The molecule has 0 saturated carbocycles. The van der Waals surface area contributed by atoms with Crippen molar-refractivity contribution in [3.05, 3.63) is 128 Å². The van der Waals surface area contributed by atoms with E-state index in [0.29, 0.717) is 0 Å². The third-order valence-electron chi connectivity index (χ3n) is 6.75. The summed E-state index contributed by atoms with van der Waals surface area (Å²) in [6.07, 6.45) is 3.67. The van der Waals surface area contributed by atoms with Crippen LogP contribution in [0.15, 0.2) is 128 Å².